The normalized spacial score (nSPS) is 11.8. The second-order valence-corrected chi connectivity index (χ2v) is 4.58. The van der Waals surface area contributed by atoms with Crippen LogP contribution in [0.1, 0.15) is 18.5 Å². The molecule has 0 amide bonds. The van der Waals surface area contributed by atoms with E-state index in [1.807, 2.05) is 31.2 Å². The van der Waals surface area contributed by atoms with Crippen LogP contribution >= 0.6 is 11.6 Å². The van der Waals surface area contributed by atoms with Crippen molar-refractivity contribution in [3.8, 4) is 6.01 Å². The highest BCUT2D eigenvalue weighted by molar-refractivity contribution is 6.30. The third kappa shape index (κ3) is 3.48. The van der Waals surface area contributed by atoms with Crippen molar-refractivity contribution in [2.24, 2.45) is 0 Å². The first-order valence-electron chi connectivity index (χ1n) is 6.12. The average molecular weight is 294 g/mol. The van der Waals surface area contributed by atoms with E-state index in [9.17, 15) is 0 Å². The number of hydrogen-bond acceptors (Lipinski definition) is 6. The summed E-state index contributed by atoms with van der Waals surface area (Å²) in [6, 6.07) is 7.89. The van der Waals surface area contributed by atoms with Crippen LogP contribution in [-0.4, -0.2) is 29.1 Å². The Morgan fingerprint density at radius 1 is 1.20 bits per heavy atom. The minimum Gasteiger partial charge on any atom is -0.467 e. The van der Waals surface area contributed by atoms with E-state index < -0.39 is 0 Å². The molecule has 1 aromatic carbocycles. The van der Waals surface area contributed by atoms with Gasteiger partial charge < -0.3 is 15.4 Å². The molecule has 2 N–H and O–H groups in total. The Hall–Kier alpha value is -2.08. The smallest absolute Gasteiger partial charge is 0.322 e. The van der Waals surface area contributed by atoms with Crippen molar-refractivity contribution in [3.63, 3.8) is 0 Å². The van der Waals surface area contributed by atoms with Gasteiger partial charge in [-0.15, -0.1) is 0 Å². The lowest BCUT2D eigenvalue weighted by molar-refractivity contribution is 0.379. The summed E-state index contributed by atoms with van der Waals surface area (Å²) in [5.74, 6) is 0.881. The molecule has 0 saturated heterocycles. The fourth-order valence-electron chi connectivity index (χ4n) is 1.68. The standard InChI is InChI=1S/C13H16ClN5O/c1-8(9-5-4-6-10(14)7-9)16-12-17-11(15-2)18-13(19-12)20-3/h4-8H,1-3H3,(H2,15,16,17,18,19). The van der Waals surface area contributed by atoms with Crippen molar-refractivity contribution in [2.45, 2.75) is 13.0 Å². The van der Waals surface area contributed by atoms with Gasteiger partial charge in [0.1, 0.15) is 0 Å². The minimum absolute atomic E-state index is 0.00510. The second kappa shape index (κ2) is 6.38. The van der Waals surface area contributed by atoms with Crippen LogP contribution in [0.2, 0.25) is 5.02 Å². The Morgan fingerprint density at radius 2 is 1.95 bits per heavy atom. The van der Waals surface area contributed by atoms with Crippen molar-refractivity contribution < 1.29 is 4.74 Å². The molecule has 0 fully saturated rings. The van der Waals surface area contributed by atoms with Gasteiger partial charge in [0, 0.05) is 12.1 Å². The number of anilines is 2. The van der Waals surface area contributed by atoms with Crippen LogP contribution < -0.4 is 15.4 Å². The van der Waals surface area contributed by atoms with Crippen LogP contribution in [-0.2, 0) is 0 Å². The van der Waals surface area contributed by atoms with Gasteiger partial charge in [0.05, 0.1) is 13.2 Å². The molecule has 106 valence electrons. The summed E-state index contributed by atoms with van der Waals surface area (Å²) in [6.07, 6.45) is 0. The number of ether oxygens (including phenoxy) is 1. The molecular formula is C13H16ClN5O. The molecule has 20 heavy (non-hydrogen) atoms. The number of rotatable bonds is 5. The van der Waals surface area contributed by atoms with Crippen LogP contribution in [0.3, 0.4) is 0 Å². The molecule has 1 aromatic heterocycles. The van der Waals surface area contributed by atoms with Crippen molar-refractivity contribution in [2.75, 3.05) is 24.8 Å². The van der Waals surface area contributed by atoms with Gasteiger partial charge in [0.25, 0.3) is 0 Å². The predicted molar refractivity (Wildman–Crippen MR) is 79.4 cm³/mol. The topological polar surface area (TPSA) is 72.0 Å². The monoisotopic (exact) mass is 293 g/mol. The van der Waals surface area contributed by atoms with Gasteiger partial charge in [-0.05, 0) is 24.6 Å². The van der Waals surface area contributed by atoms with Gasteiger partial charge >= 0.3 is 6.01 Å². The summed E-state index contributed by atoms with van der Waals surface area (Å²) in [4.78, 5) is 12.4. The summed E-state index contributed by atoms with van der Waals surface area (Å²) in [5, 5.41) is 6.75. The molecule has 0 bridgehead atoms. The van der Waals surface area contributed by atoms with Gasteiger partial charge in [-0.25, -0.2) is 0 Å². The first kappa shape index (κ1) is 14.3. The van der Waals surface area contributed by atoms with Gasteiger partial charge in [-0.1, -0.05) is 23.7 Å². The molecule has 0 spiro atoms. The lowest BCUT2D eigenvalue weighted by Gasteiger charge is -2.15. The molecule has 2 rings (SSSR count). The SMILES string of the molecule is CNc1nc(NC(C)c2cccc(Cl)c2)nc(OC)n1. The summed E-state index contributed by atoms with van der Waals surface area (Å²) in [6.45, 7) is 2.00. The Morgan fingerprint density at radius 3 is 2.60 bits per heavy atom. The molecule has 1 atom stereocenters. The first-order valence-corrected chi connectivity index (χ1v) is 6.50. The van der Waals surface area contributed by atoms with E-state index in [0.29, 0.717) is 16.9 Å². The zero-order valence-electron chi connectivity index (χ0n) is 11.5. The largest absolute Gasteiger partial charge is 0.467 e. The van der Waals surface area contributed by atoms with Crippen LogP contribution in [0.25, 0.3) is 0 Å². The number of aromatic nitrogens is 3. The fourth-order valence-corrected chi connectivity index (χ4v) is 1.88. The average Bonchev–Trinajstić information content (AvgIpc) is 2.46. The van der Waals surface area contributed by atoms with Gasteiger partial charge in [0.2, 0.25) is 11.9 Å². The molecule has 0 radical (unpaired) electrons. The van der Waals surface area contributed by atoms with E-state index in [-0.39, 0.29) is 12.1 Å². The highest BCUT2D eigenvalue weighted by atomic mass is 35.5. The van der Waals surface area contributed by atoms with Crippen molar-refractivity contribution in [3.05, 3.63) is 34.9 Å². The van der Waals surface area contributed by atoms with Crippen LogP contribution in [0.4, 0.5) is 11.9 Å². The summed E-state index contributed by atoms with van der Waals surface area (Å²) < 4.78 is 5.04. The van der Waals surface area contributed by atoms with Crippen LogP contribution in [0.15, 0.2) is 24.3 Å². The fraction of sp³-hybridized carbons (Fsp3) is 0.308. The van der Waals surface area contributed by atoms with Gasteiger partial charge in [0.15, 0.2) is 0 Å². The number of benzene rings is 1. The zero-order valence-corrected chi connectivity index (χ0v) is 12.3. The lowest BCUT2D eigenvalue weighted by atomic mass is 10.1. The molecule has 0 aliphatic rings. The number of nitrogens with zero attached hydrogens (tertiary/aromatic N) is 3. The quantitative estimate of drug-likeness (QED) is 0.883. The highest BCUT2D eigenvalue weighted by Crippen LogP contribution is 2.21. The van der Waals surface area contributed by atoms with E-state index in [1.54, 1.807) is 7.05 Å². The van der Waals surface area contributed by atoms with E-state index in [4.69, 9.17) is 16.3 Å². The first-order chi connectivity index (χ1) is 9.62. The molecule has 1 heterocycles. The molecular weight excluding hydrogens is 278 g/mol. The Kier molecular flexibility index (Phi) is 4.57. The van der Waals surface area contributed by atoms with Gasteiger partial charge in [-0.3, -0.25) is 0 Å². The van der Waals surface area contributed by atoms with Crippen molar-refractivity contribution >= 4 is 23.5 Å². The third-order valence-electron chi connectivity index (χ3n) is 2.72. The van der Waals surface area contributed by atoms with Crippen molar-refractivity contribution in [1.29, 1.82) is 0 Å². The van der Waals surface area contributed by atoms with E-state index in [2.05, 4.69) is 25.6 Å². The molecule has 0 aliphatic carbocycles. The van der Waals surface area contributed by atoms with Crippen LogP contribution in [0, 0.1) is 0 Å². The van der Waals surface area contributed by atoms with E-state index in [1.165, 1.54) is 7.11 Å². The molecule has 2 aromatic rings. The maximum Gasteiger partial charge on any atom is 0.322 e. The molecule has 0 saturated carbocycles. The Balaban J connectivity index is 2.20. The Bertz CT molecular complexity index is 570. The van der Waals surface area contributed by atoms with Gasteiger partial charge in [-0.2, -0.15) is 15.0 Å². The molecule has 0 aliphatic heterocycles. The highest BCUT2D eigenvalue weighted by Gasteiger charge is 2.10. The number of halogens is 1. The molecule has 7 heteroatoms. The van der Waals surface area contributed by atoms with Crippen molar-refractivity contribution in [1.82, 2.24) is 15.0 Å². The molecule has 1 unspecified atom stereocenters. The Labute approximate surface area is 122 Å². The number of nitrogens with one attached hydrogen (secondary N) is 2. The minimum atomic E-state index is 0.00510. The van der Waals surface area contributed by atoms with E-state index >= 15 is 0 Å². The third-order valence-corrected chi connectivity index (χ3v) is 2.95. The second-order valence-electron chi connectivity index (χ2n) is 4.14. The predicted octanol–water partition coefficient (Wildman–Crippen LogP) is 2.75. The number of hydrogen-bond donors (Lipinski definition) is 2. The maximum atomic E-state index is 5.99. The summed E-state index contributed by atoms with van der Waals surface area (Å²) >= 11 is 5.99. The lowest BCUT2D eigenvalue weighted by Crippen LogP contribution is -2.12. The zero-order chi connectivity index (χ0) is 14.5. The van der Waals surface area contributed by atoms with E-state index in [0.717, 1.165) is 5.56 Å². The summed E-state index contributed by atoms with van der Waals surface area (Å²) in [5.41, 5.74) is 1.04. The van der Waals surface area contributed by atoms with Crippen LogP contribution in [0.5, 0.6) is 6.01 Å². The maximum absolute atomic E-state index is 5.99. The number of methoxy groups -OCH3 is 1. The molecule has 6 nitrogen and oxygen atoms in total. The summed E-state index contributed by atoms with van der Waals surface area (Å²) in [7, 11) is 3.25.